The Morgan fingerprint density at radius 3 is 2.68 bits per heavy atom. The number of hydrogen-bond donors (Lipinski definition) is 1. The van der Waals surface area contributed by atoms with Crippen molar-refractivity contribution in [2.24, 2.45) is 5.92 Å². The molecule has 2 heterocycles. The van der Waals surface area contributed by atoms with E-state index in [1.165, 1.54) is 22.5 Å². The monoisotopic (exact) mass is 458 g/mol. The van der Waals surface area contributed by atoms with Crippen LogP contribution < -0.4 is 5.32 Å². The molecule has 2 aromatic carbocycles. The first-order valence-corrected chi connectivity index (χ1v) is 11.9. The van der Waals surface area contributed by atoms with Gasteiger partial charge in [-0.05, 0) is 49.1 Å². The Bertz CT molecular complexity index is 1190. The van der Waals surface area contributed by atoms with Gasteiger partial charge < -0.3 is 5.32 Å². The highest BCUT2D eigenvalue weighted by Crippen LogP contribution is 2.29. The summed E-state index contributed by atoms with van der Waals surface area (Å²) in [7, 11) is -3.78. The fraction of sp³-hybridized carbons (Fsp3) is 0.273. The number of nitrogens with one attached hydrogen (secondary N) is 1. The summed E-state index contributed by atoms with van der Waals surface area (Å²) in [6.45, 7) is 2.93. The van der Waals surface area contributed by atoms with Gasteiger partial charge in [0.1, 0.15) is 4.90 Å². The van der Waals surface area contributed by atoms with Gasteiger partial charge >= 0.3 is 0 Å². The number of aromatic nitrogens is 2. The summed E-state index contributed by atoms with van der Waals surface area (Å²) < 4.78 is 29.4. The van der Waals surface area contributed by atoms with Crippen molar-refractivity contribution in [2.75, 3.05) is 18.4 Å². The van der Waals surface area contributed by atoms with E-state index in [1.54, 1.807) is 16.9 Å². The van der Waals surface area contributed by atoms with Gasteiger partial charge in [-0.2, -0.15) is 9.40 Å². The number of sulfonamides is 1. The summed E-state index contributed by atoms with van der Waals surface area (Å²) in [5.41, 5.74) is 1.06. The van der Waals surface area contributed by atoms with Crippen LogP contribution in [0.1, 0.15) is 30.1 Å². The SMILES string of the molecule is CC1CCCN(S(=O)(=O)c2cc(C(=O)Nc3ccn(-c4ccccc4)n3)ccc2Cl)C1. The first kappa shape index (κ1) is 21.5. The van der Waals surface area contributed by atoms with E-state index in [9.17, 15) is 13.2 Å². The van der Waals surface area contributed by atoms with Gasteiger partial charge in [-0.3, -0.25) is 4.79 Å². The Hall–Kier alpha value is -2.68. The number of benzene rings is 2. The number of nitrogens with zero attached hydrogens (tertiary/aromatic N) is 3. The number of amides is 1. The second-order valence-corrected chi connectivity index (χ2v) is 10.0. The van der Waals surface area contributed by atoms with Gasteiger partial charge in [-0.15, -0.1) is 0 Å². The van der Waals surface area contributed by atoms with Gasteiger partial charge in [0.2, 0.25) is 10.0 Å². The first-order valence-electron chi connectivity index (χ1n) is 10.1. The fourth-order valence-corrected chi connectivity index (χ4v) is 5.75. The number of piperidine rings is 1. The van der Waals surface area contributed by atoms with E-state index in [-0.39, 0.29) is 21.4 Å². The fourth-order valence-electron chi connectivity index (χ4n) is 3.65. The second kappa shape index (κ2) is 8.82. The maximum absolute atomic E-state index is 13.1. The third-order valence-electron chi connectivity index (χ3n) is 5.28. The Kier molecular flexibility index (Phi) is 6.13. The van der Waals surface area contributed by atoms with Crippen molar-refractivity contribution in [3.8, 4) is 5.69 Å². The molecule has 0 saturated carbocycles. The minimum Gasteiger partial charge on any atom is -0.305 e. The smallest absolute Gasteiger partial charge is 0.256 e. The molecule has 1 aromatic heterocycles. The molecule has 1 saturated heterocycles. The molecule has 7 nitrogen and oxygen atoms in total. The number of hydrogen-bond acceptors (Lipinski definition) is 4. The molecular formula is C22H23ClN4O3S. The van der Waals surface area contributed by atoms with Crippen LogP contribution in [0.5, 0.6) is 0 Å². The standard InChI is InChI=1S/C22H23ClN4O3S/c1-16-6-5-12-26(15-16)31(29,30)20-14-17(9-10-19(20)23)22(28)24-21-11-13-27(25-21)18-7-3-2-4-8-18/h2-4,7-11,13-14,16H,5-6,12,15H2,1H3,(H,24,25,28). The van der Waals surface area contributed by atoms with Crippen molar-refractivity contribution in [1.29, 1.82) is 0 Å². The molecule has 9 heteroatoms. The zero-order valence-corrected chi connectivity index (χ0v) is 18.6. The van der Waals surface area contributed by atoms with E-state index in [0.717, 1.165) is 18.5 Å². The molecule has 1 aliphatic rings. The van der Waals surface area contributed by atoms with Crippen LogP contribution in [0.2, 0.25) is 5.02 Å². The van der Waals surface area contributed by atoms with E-state index in [1.807, 2.05) is 37.3 Å². The van der Waals surface area contributed by atoms with Crippen LogP contribution >= 0.6 is 11.6 Å². The van der Waals surface area contributed by atoms with E-state index in [2.05, 4.69) is 10.4 Å². The van der Waals surface area contributed by atoms with Crippen molar-refractivity contribution in [1.82, 2.24) is 14.1 Å². The third-order valence-corrected chi connectivity index (χ3v) is 7.63. The van der Waals surface area contributed by atoms with Crippen molar-refractivity contribution in [3.63, 3.8) is 0 Å². The molecule has 1 unspecified atom stereocenters. The molecule has 0 aliphatic carbocycles. The van der Waals surface area contributed by atoms with E-state index in [0.29, 0.717) is 18.9 Å². The minimum absolute atomic E-state index is 0.0502. The largest absolute Gasteiger partial charge is 0.305 e. The van der Waals surface area contributed by atoms with Crippen molar-refractivity contribution in [2.45, 2.75) is 24.7 Å². The minimum atomic E-state index is -3.78. The van der Waals surface area contributed by atoms with Crippen LogP contribution in [0.3, 0.4) is 0 Å². The van der Waals surface area contributed by atoms with Crippen LogP contribution in [0.15, 0.2) is 65.7 Å². The quantitative estimate of drug-likeness (QED) is 0.621. The molecule has 1 aliphatic heterocycles. The average molecular weight is 459 g/mol. The molecule has 162 valence electrons. The van der Waals surface area contributed by atoms with Crippen LogP contribution in [0.25, 0.3) is 5.69 Å². The molecule has 1 fully saturated rings. The Balaban J connectivity index is 1.55. The first-order chi connectivity index (χ1) is 14.8. The van der Waals surface area contributed by atoms with Gasteiger partial charge in [0.15, 0.2) is 5.82 Å². The van der Waals surface area contributed by atoms with Crippen LogP contribution in [-0.2, 0) is 10.0 Å². The predicted octanol–water partition coefficient (Wildman–Crippen LogP) is 4.20. The number of halogens is 1. The maximum Gasteiger partial charge on any atom is 0.256 e. The molecular weight excluding hydrogens is 436 g/mol. The molecule has 31 heavy (non-hydrogen) atoms. The molecule has 1 atom stereocenters. The van der Waals surface area contributed by atoms with E-state index in [4.69, 9.17) is 11.6 Å². The molecule has 0 spiro atoms. The second-order valence-electron chi connectivity index (χ2n) is 7.69. The lowest BCUT2D eigenvalue weighted by atomic mass is 10.0. The Morgan fingerprint density at radius 2 is 1.94 bits per heavy atom. The third kappa shape index (κ3) is 4.66. The van der Waals surface area contributed by atoms with E-state index >= 15 is 0 Å². The Morgan fingerprint density at radius 1 is 1.16 bits per heavy atom. The average Bonchev–Trinajstić information content (AvgIpc) is 3.23. The molecule has 1 N–H and O–H groups in total. The lowest BCUT2D eigenvalue weighted by Gasteiger charge is -2.30. The summed E-state index contributed by atoms with van der Waals surface area (Å²) >= 11 is 6.22. The molecule has 0 radical (unpaired) electrons. The molecule has 0 bridgehead atoms. The highest BCUT2D eigenvalue weighted by molar-refractivity contribution is 7.89. The summed E-state index contributed by atoms with van der Waals surface area (Å²) in [5.74, 6) is 0.185. The predicted molar refractivity (Wildman–Crippen MR) is 120 cm³/mol. The maximum atomic E-state index is 13.1. The van der Waals surface area contributed by atoms with Crippen molar-refractivity contribution in [3.05, 3.63) is 71.4 Å². The highest BCUT2D eigenvalue weighted by atomic mass is 35.5. The number of carbonyl (C=O) groups excluding carboxylic acids is 1. The van der Waals surface area contributed by atoms with E-state index < -0.39 is 15.9 Å². The number of anilines is 1. The van der Waals surface area contributed by atoms with Crippen LogP contribution in [0.4, 0.5) is 5.82 Å². The number of rotatable bonds is 5. The summed E-state index contributed by atoms with van der Waals surface area (Å²) in [4.78, 5) is 12.7. The van der Waals surface area contributed by atoms with Gasteiger partial charge in [0.25, 0.3) is 5.91 Å². The van der Waals surface area contributed by atoms with Gasteiger partial charge in [0, 0.05) is 30.9 Å². The zero-order chi connectivity index (χ0) is 22.0. The normalized spacial score (nSPS) is 17.4. The summed E-state index contributed by atoms with van der Waals surface area (Å²) in [6, 6.07) is 15.5. The molecule has 3 aromatic rings. The summed E-state index contributed by atoms with van der Waals surface area (Å²) in [6.07, 6.45) is 3.54. The highest BCUT2D eigenvalue weighted by Gasteiger charge is 2.31. The lowest BCUT2D eigenvalue weighted by molar-refractivity contribution is 0.102. The van der Waals surface area contributed by atoms with Crippen molar-refractivity contribution < 1.29 is 13.2 Å². The van der Waals surface area contributed by atoms with Crippen LogP contribution in [0, 0.1) is 5.92 Å². The number of carbonyl (C=O) groups is 1. The topological polar surface area (TPSA) is 84.3 Å². The zero-order valence-electron chi connectivity index (χ0n) is 17.0. The van der Waals surface area contributed by atoms with Gasteiger partial charge in [-0.25, -0.2) is 13.1 Å². The summed E-state index contributed by atoms with van der Waals surface area (Å²) in [5, 5.41) is 7.16. The molecule has 1 amide bonds. The number of para-hydroxylation sites is 1. The van der Waals surface area contributed by atoms with Crippen LogP contribution in [-0.4, -0.2) is 41.5 Å². The Labute approximate surface area is 186 Å². The van der Waals surface area contributed by atoms with Gasteiger partial charge in [-0.1, -0.05) is 36.7 Å². The van der Waals surface area contributed by atoms with Gasteiger partial charge in [0.05, 0.1) is 10.7 Å². The molecule has 4 rings (SSSR count). The lowest BCUT2D eigenvalue weighted by Crippen LogP contribution is -2.39. The van der Waals surface area contributed by atoms with Crippen molar-refractivity contribution >= 4 is 33.3 Å².